The fraction of sp³-hybridized carbons (Fsp3) is 0.556. The molecule has 1 aliphatic rings. The smallest absolute Gasteiger partial charge is 0.256 e. The largest absolute Gasteiger partial charge is 0.377 e. The molecule has 0 aliphatic carbocycles. The number of likely N-dealkylation sites (tertiary alicyclic amines) is 1. The molecule has 0 spiro atoms. The van der Waals surface area contributed by atoms with Crippen LogP contribution in [-0.2, 0) is 4.79 Å². The number of anilines is 2. The second kappa shape index (κ2) is 7.43. The van der Waals surface area contributed by atoms with Gasteiger partial charge in [-0.2, -0.15) is 0 Å². The van der Waals surface area contributed by atoms with E-state index in [1.165, 1.54) is 0 Å². The zero-order chi connectivity index (χ0) is 17.9. The average molecular weight is 352 g/mol. The molecule has 1 N–H and O–H groups in total. The van der Waals surface area contributed by atoms with E-state index in [0.717, 1.165) is 31.6 Å². The lowest BCUT2D eigenvalue weighted by Gasteiger charge is -2.24. The fourth-order valence-corrected chi connectivity index (χ4v) is 2.75. The maximum Gasteiger partial charge on any atom is 0.256 e. The molecule has 0 atom stereocenters. The topological polar surface area (TPSA) is 52.7 Å². The van der Waals surface area contributed by atoms with Gasteiger partial charge in [-0.15, -0.1) is 11.6 Å². The number of benzene rings is 1. The van der Waals surface area contributed by atoms with Crippen LogP contribution in [0.5, 0.6) is 0 Å². The SMILES string of the molecule is CN(C)c1ccc(NC(=O)C(C)(C)CCl)cc1C(=O)N1CCCC1. The van der Waals surface area contributed by atoms with Crippen LogP contribution in [0.4, 0.5) is 11.4 Å². The molecular formula is C18H26ClN3O2. The van der Waals surface area contributed by atoms with Gasteiger partial charge in [0.25, 0.3) is 5.91 Å². The standard InChI is InChI=1S/C18H26ClN3O2/c1-18(2,12-19)17(24)20-13-7-8-15(21(3)4)14(11-13)16(23)22-9-5-6-10-22/h7-8,11H,5-6,9-10,12H2,1-4H3,(H,20,24). The fourth-order valence-electron chi connectivity index (χ4n) is 2.63. The zero-order valence-electron chi connectivity index (χ0n) is 14.9. The van der Waals surface area contributed by atoms with E-state index in [1.54, 1.807) is 19.9 Å². The van der Waals surface area contributed by atoms with Crippen LogP contribution in [0.15, 0.2) is 18.2 Å². The first-order valence-electron chi connectivity index (χ1n) is 8.24. The van der Waals surface area contributed by atoms with Crippen molar-refractivity contribution >= 4 is 34.8 Å². The molecule has 2 amide bonds. The number of hydrogen-bond donors (Lipinski definition) is 1. The first-order chi connectivity index (χ1) is 11.3. The molecule has 0 radical (unpaired) electrons. The van der Waals surface area contributed by atoms with Crippen LogP contribution in [0.25, 0.3) is 0 Å². The second-order valence-corrected chi connectivity index (χ2v) is 7.36. The molecule has 2 rings (SSSR count). The van der Waals surface area contributed by atoms with Crippen molar-refractivity contribution in [2.45, 2.75) is 26.7 Å². The Morgan fingerprint density at radius 1 is 1.25 bits per heavy atom. The van der Waals surface area contributed by atoms with Gasteiger partial charge in [-0.1, -0.05) is 0 Å². The second-order valence-electron chi connectivity index (χ2n) is 7.10. The molecule has 24 heavy (non-hydrogen) atoms. The van der Waals surface area contributed by atoms with E-state index < -0.39 is 5.41 Å². The minimum Gasteiger partial charge on any atom is -0.377 e. The summed E-state index contributed by atoms with van der Waals surface area (Å²) in [6.07, 6.45) is 2.09. The van der Waals surface area contributed by atoms with E-state index >= 15 is 0 Å². The van der Waals surface area contributed by atoms with E-state index in [4.69, 9.17) is 11.6 Å². The third-order valence-corrected chi connectivity index (χ3v) is 4.98. The Hall–Kier alpha value is -1.75. The molecule has 1 saturated heterocycles. The van der Waals surface area contributed by atoms with Crippen LogP contribution < -0.4 is 10.2 Å². The molecule has 0 bridgehead atoms. The summed E-state index contributed by atoms with van der Waals surface area (Å²) >= 11 is 5.86. The number of nitrogens with one attached hydrogen (secondary N) is 1. The van der Waals surface area contributed by atoms with Crippen LogP contribution in [0.1, 0.15) is 37.0 Å². The minimum atomic E-state index is -0.666. The minimum absolute atomic E-state index is 0.0175. The molecule has 1 aromatic rings. The summed E-state index contributed by atoms with van der Waals surface area (Å²) in [7, 11) is 3.82. The molecule has 1 aliphatic heterocycles. The lowest BCUT2D eigenvalue weighted by molar-refractivity contribution is -0.122. The predicted octanol–water partition coefficient (Wildman–Crippen LogP) is 3.19. The first-order valence-corrected chi connectivity index (χ1v) is 8.78. The number of carbonyl (C=O) groups is 2. The van der Waals surface area contributed by atoms with Gasteiger partial charge in [-0.05, 0) is 44.9 Å². The van der Waals surface area contributed by atoms with Crippen LogP contribution in [0.2, 0.25) is 0 Å². The number of alkyl halides is 1. The van der Waals surface area contributed by atoms with Crippen molar-refractivity contribution in [2.24, 2.45) is 5.41 Å². The highest BCUT2D eigenvalue weighted by molar-refractivity contribution is 6.20. The molecule has 1 fully saturated rings. The van der Waals surface area contributed by atoms with E-state index in [9.17, 15) is 9.59 Å². The third-order valence-electron chi connectivity index (χ3n) is 4.31. The molecule has 0 saturated carbocycles. The average Bonchev–Trinajstić information content (AvgIpc) is 3.08. The number of halogens is 1. The van der Waals surface area contributed by atoms with Gasteiger partial charge in [0.05, 0.1) is 11.0 Å². The summed E-state index contributed by atoms with van der Waals surface area (Å²) < 4.78 is 0. The van der Waals surface area contributed by atoms with Crippen molar-refractivity contribution in [1.29, 1.82) is 0 Å². The van der Waals surface area contributed by atoms with Crippen molar-refractivity contribution in [3.05, 3.63) is 23.8 Å². The Balaban J connectivity index is 2.30. The molecule has 1 aromatic carbocycles. The van der Waals surface area contributed by atoms with Crippen LogP contribution in [0, 0.1) is 5.41 Å². The van der Waals surface area contributed by atoms with E-state index in [-0.39, 0.29) is 17.7 Å². The molecule has 1 heterocycles. The summed E-state index contributed by atoms with van der Waals surface area (Å²) in [5, 5.41) is 2.87. The summed E-state index contributed by atoms with van der Waals surface area (Å²) in [4.78, 5) is 28.9. The number of nitrogens with zero attached hydrogens (tertiary/aromatic N) is 2. The molecule has 6 heteroatoms. The Bertz CT molecular complexity index is 623. The maximum atomic E-state index is 12.8. The van der Waals surface area contributed by atoms with E-state index in [1.807, 2.05) is 36.0 Å². The predicted molar refractivity (Wildman–Crippen MR) is 99.0 cm³/mol. The van der Waals surface area contributed by atoms with Gasteiger partial charge in [0, 0.05) is 44.4 Å². The monoisotopic (exact) mass is 351 g/mol. The first kappa shape index (κ1) is 18.6. The van der Waals surface area contributed by atoms with Crippen LogP contribution in [-0.4, -0.2) is 49.8 Å². The van der Waals surface area contributed by atoms with Crippen LogP contribution in [0.3, 0.4) is 0 Å². The van der Waals surface area contributed by atoms with Gasteiger partial charge < -0.3 is 15.1 Å². The number of amides is 2. The molecular weight excluding hydrogens is 326 g/mol. The number of carbonyl (C=O) groups excluding carboxylic acids is 2. The highest BCUT2D eigenvalue weighted by Crippen LogP contribution is 2.27. The van der Waals surface area contributed by atoms with Gasteiger partial charge in [-0.25, -0.2) is 0 Å². The normalized spacial score (nSPS) is 14.6. The van der Waals surface area contributed by atoms with Crippen molar-refractivity contribution in [1.82, 2.24) is 4.90 Å². The molecule has 5 nitrogen and oxygen atoms in total. The van der Waals surface area contributed by atoms with Crippen molar-refractivity contribution in [3.63, 3.8) is 0 Å². The van der Waals surface area contributed by atoms with Gasteiger partial charge in [0.1, 0.15) is 0 Å². The highest BCUT2D eigenvalue weighted by atomic mass is 35.5. The molecule has 132 valence electrons. The number of hydrogen-bond acceptors (Lipinski definition) is 3. The summed E-state index contributed by atoms with van der Waals surface area (Å²) in [5.41, 5.74) is 1.41. The van der Waals surface area contributed by atoms with E-state index in [0.29, 0.717) is 11.3 Å². The third kappa shape index (κ3) is 4.01. The molecule has 0 aromatic heterocycles. The summed E-state index contributed by atoms with van der Waals surface area (Å²) in [5.74, 6) is 0.0901. The quantitative estimate of drug-likeness (QED) is 0.829. The lowest BCUT2D eigenvalue weighted by Crippen LogP contribution is -2.32. The van der Waals surface area contributed by atoms with Crippen LogP contribution >= 0.6 is 11.6 Å². The zero-order valence-corrected chi connectivity index (χ0v) is 15.6. The number of rotatable bonds is 5. The van der Waals surface area contributed by atoms with Crippen molar-refractivity contribution in [2.75, 3.05) is 43.3 Å². The molecule has 0 unspecified atom stereocenters. The van der Waals surface area contributed by atoms with Gasteiger partial charge in [0.2, 0.25) is 5.91 Å². The Morgan fingerprint density at radius 2 is 1.88 bits per heavy atom. The lowest BCUT2D eigenvalue weighted by atomic mass is 9.95. The van der Waals surface area contributed by atoms with Gasteiger partial charge in [-0.3, -0.25) is 9.59 Å². The van der Waals surface area contributed by atoms with Gasteiger partial charge >= 0.3 is 0 Å². The Morgan fingerprint density at radius 3 is 2.42 bits per heavy atom. The Labute approximate surface area is 149 Å². The summed E-state index contributed by atoms with van der Waals surface area (Å²) in [6.45, 7) is 5.17. The summed E-state index contributed by atoms with van der Waals surface area (Å²) in [6, 6.07) is 5.45. The van der Waals surface area contributed by atoms with Crippen molar-refractivity contribution < 1.29 is 9.59 Å². The van der Waals surface area contributed by atoms with Gasteiger partial charge in [0.15, 0.2) is 0 Å². The Kier molecular flexibility index (Phi) is 5.75. The van der Waals surface area contributed by atoms with E-state index in [2.05, 4.69) is 5.32 Å². The van der Waals surface area contributed by atoms with Crippen molar-refractivity contribution in [3.8, 4) is 0 Å². The highest BCUT2D eigenvalue weighted by Gasteiger charge is 2.27. The maximum absolute atomic E-state index is 12.8.